The zero-order chi connectivity index (χ0) is 48.2. The molecule has 2 aliphatic carbocycles. The second-order valence-corrected chi connectivity index (χ2v) is 20.8. The predicted octanol–water partition coefficient (Wildman–Crippen LogP) is 16.4. The molecule has 4 aliphatic rings. The lowest BCUT2D eigenvalue weighted by atomic mass is 9.33. The molecule has 17 rings (SSSR count). The van der Waals surface area contributed by atoms with Crippen molar-refractivity contribution in [1.82, 2.24) is 0 Å². The van der Waals surface area contributed by atoms with Gasteiger partial charge in [0.15, 0.2) is 0 Å². The van der Waals surface area contributed by atoms with Gasteiger partial charge in [-0.15, -0.1) is 0 Å². The van der Waals surface area contributed by atoms with E-state index in [1.807, 2.05) is 0 Å². The maximum absolute atomic E-state index is 2.57. The van der Waals surface area contributed by atoms with Crippen LogP contribution in [-0.4, -0.2) is 6.71 Å². The van der Waals surface area contributed by atoms with Gasteiger partial charge in [-0.25, -0.2) is 0 Å². The SMILES string of the molecule is c1ccc(N2c3cc4cc5ccccc5cc4cc3B3c4cc5cc6ccccc6cc5cc4N(c4ccccc4)c4cc(-c5ccc6c(c5)C5(c7ccccc7-c7ccccc75)c5ccccc5-6)cc2c43)cc1. The molecule has 0 saturated carbocycles. The third-order valence-electron chi connectivity index (χ3n) is 17.1. The van der Waals surface area contributed by atoms with Crippen LogP contribution in [0.5, 0.6) is 0 Å². The highest BCUT2D eigenvalue weighted by molar-refractivity contribution is 7.00. The van der Waals surface area contributed by atoms with E-state index in [1.165, 1.54) is 138 Å². The van der Waals surface area contributed by atoms with E-state index in [2.05, 4.69) is 271 Å². The minimum Gasteiger partial charge on any atom is -0.311 e. The quantitative estimate of drug-likeness (QED) is 0.129. The molecule has 0 aromatic heterocycles. The Bertz CT molecular complexity index is 4320. The molecule has 74 heavy (non-hydrogen) atoms. The van der Waals surface area contributed by atoms with Crippen molar-refractivity contribution in [2.24, 2.45) is 0 Å². The minimum absolute atomic E-state index is 0.0602. The molecule has 3 heteroatoms. The van der Waals surface area contributed by atoms with Crippen LogP contribution < -0.4 is 26.2 Å². The summed E-state index contributed by atoms with van der Waals surface area (Å²) >= 11 is 0. The number of hydrogen-bond acceptors (Lipinski definition) is 2. The van der Waals surface area contributed by atoms with Crippen LogP contribution in [0.25, 0.3) is 76.5 Å². The zero-order valence-corrected chi connectivity index (χ0v) is 40.3. The number of hydrogen-bond donors (Lipinski definition) is 0. The molecule has 0 radical (unpaired) electrons. The Labute approximate surface area is 429 Å². The molecular formula is C71H43BN2. The topological polar surface area (TPSA) is 6.48 Å². The Balaban J connectivity index is 0.990. The molecule has 0 amide bonds. The molecule has 1 spiro atoms. The molecule has 2 nitrogen and oxygen atoms in total. The van der Waals surface area contributed by atoms with Crippen molar-refractivity contribution in [3.63, 3.8) is 0 Å². The summed E-state index contributed by atoms with van der Waals surface area (Å²) in [5.74, 6) is 0. The minimum atomic E-state index is -0.455. The summed E-state index contributed by atoms with van der Waals surface area (Å²) in [6.07, 6.45) is 0. The van der Waals surface area contributed by atoms with E-state index in [1.54, 1.807) is 0 Å². The summed E-state index contributed by atoms with van der Waals surface area (Å²) in [6, 6.07) is 99.0. The van der Waals surface area contributed by atoms with Crippen LogP contribution in [0.3, 0.4) is 0 Å². The normalized spacial score (nSPS) is 14.0. The fourth-order valence-electron chi connectivity index (χ4n) is 14.0. The number of rotatable bonds is 3. The third kappa shape index (κ3) is 5.35. The van der Waals surface area contributed by atoms with Crippen LogP contribution in [-0.2, 0) is 5.41 Å². The first kappa shape index (κ1) is 40.2. The van der Waals surface area contributed by atoms with Gasteiger partial charge in [-0.2, -0.15) is 0 Å². The largest absolute Gasteiger partial charge is 0.311 e. The van der Waals surface area contributed by atoms with Gasteiger partial charge in [0, 0.05) is 34.1 Å². The van der Waals surface area contributed by atoms with Gasteiger partial charge < -0.3 is 9.80 Å². The van der Waals surface area contributed by atoms with Gasteiger partial charge in [0.1, 0.15) is 0 Å². The first-order valence-electron chi connectivity index (χ1n) is 25.9. The molecule has 340 valence electrons. The average Bonchev–Trinajstić information content (AvgIpc) is 3.93. The lowest BCUT2D eigenvalue weighted by Gasteiger charge is -2.44. The summed E-state index contributed by atoms with van der Waals surface area (Å²) in [4.78, 5) is 5.14. The van der Waals surface area contributed by atoms with Crippen molar-refractivity contribution in [1.29, 1.82) is 0 Å². The van der Waals surface area contributed by atoms with E-state index in [-0.39, 0.29) is 6.71 Å². The monoisotopic (exact) mass is 934 g/mol. The molecule has 13 aromatic rings. The van der Waals surface area contributed by atoms with Crippen molar-refractivity contribution >= 4 is 100 Å². The van der Waals surface area contributed by atoms with Crippen LogP contribution >= 0.6 is 0 Å². The maximum Gasteiger partial charge on any atom is 0.252 e. The summed E-state index contributed by atoms with van der Waals surface area (Å²) < 4.78 is 0. The lowest BCUT2D eigenvalue weighted by Crippen LogP contribution is -2.61. The van der Waals surface area contributed by atoms with Gasteiger partial charge >= 0.3 is 0 Å². The molecule has 0 saturated heterocycles. The standard InChI is InChI=1S/C71H43BN2/c1-3-21-54(22-4-1)73-66-40-51-35-46-19-9-7-17-44(46)33-49(51)38-64(66)72-65-39-50-34-45-18-8-10-20-47(45)36-52(50)41-67(65)74(55-23-5-2-6-24-55)69-43-53(42-68(73)70(69)72)48-31-32-59-58-27-13-16-30-62(58)71(63(59)37-48)60-28-14-11-25-56(60)57-26-12-15-29-61(57)71/h1-43H. The van der Waals surface area contributed by atoms with Crippen molar-refractivity contribution in [2.75, 3.05) is 9.80 Å². The molecule has 2 heterocycles. The fourth-order valence-corrected chi connectivity index (χ4v) is 14.0. The van der Waals surface area contributed by atoms with Gasteiger partial charge in [0.05, 0.1) is 5.41 Å². The predicted molar refractivity (Wildman–Crippen MR) is 312 cm³/mol. The van der Waals surface area contributed by atoms with E-state index >= 15 is 0 Å². The molecule has 0 fully saturated rings. The second-order valence-electron chi connectivity index (χ2n) is 20.8. The van der Waals surface area contributed by atoms with Crippen LogP contribution in [0.15, 0.2) is 261 Å². The number of benzene rings is 13. The second kappa shape index (κ2) is 14.8. The van der Waals surface area contributed by atoms with Crippen molar-refractivity contribution in [3.8, 4) is 33.4 Å². The zero-order valence-electron chi connectivity index (χ0n) is 40.3. The van der Waals surface area contributed by atoms with Crippen LogP contribution in [0.2, 0.25) is 0 Å². The van der Waals surface area contributed by atoms with Crippen molar-refractivity contribution in [2.45, 2.75) is 5.41 Å². The Morgan fingerprint density at radius 3 is 1.08 bits per heavy atom. The van der Waals surface area contributed by atoms with Gasteiger partial charge in [-0.1, -0.05) is 182 Å². The third-order valence-corrected chi connectivity index (χ3v) is 17.1. The number of fused-ring (bicyclic) bond motifs is 18. The highest BCUT2D eigenvalue weighted by atomic mass is 15.2. The van der Waals surface area contributed by atoms with Gasteiger partial charge in [0.25, 0.3) is 6.71 Å². The molecule has 13 aromatic carbocycles. The smallest absolute Gasteiger partial charge is 0.252 e. The first-order chi connectivity index (χ1) is 36.7. The van der Waals surface area contributed by atoms with Gasteiger partial charge in [-0.05, 0) is 194 Å². The Kier molecular flexibility index (Phi) is 8.05. The summed E-state index contributed by atoms with van der Waals surface area (Å²) in [5.41, 5.74) is 23.6. The van der Waals surface area contributed by atoms with E-state index in [0.29, 0.717) is 0 Å². The van der Waals surface area contributed by atoms with Gasteiger partial charge in [-0.3, -0.25) is 0 Å². The van der Waals surface area contributed by atoms with E-state index in [9.17, 15) is 0 Å². The molecule has 0 unspecified atom stereocenters. The lowest BCUT2D eigenvalue weighted by molar-refractivity contribution is 0.794. The Morgan fingerprint density at radius 1 is 0.257 bits per heavy atom. The number of anilines is 6. The molecule has 0 atom stereocenters. The van der Waals surface area contributed by atoms with E-state index in [0.717, 1.165) is 11.4 Å². The van der Waals surface area contributed by atoms with Crippen LogP contribution in [0.4, 0.5) is 34.1 Å². The Morgan fingerprint density at radius 2 is 0.635 bits per heavy atom. The van der Waals surface area contributed by atoms with Crippen LogP contribution in [0, 0.1) is 0 Å². The Hall–Kier alpha value is -9.44. The molecular weight excluding hydrogens is 892 g/mol. The van der Waals surface area contributed by atoms with Gasteiger partial charge in [0.2, 0.25) is 0 Å². The van der Waals surface area contributed by atoms with Crippen molar-refractivity contribution in [3.05, 3.63) is 283 Å². The van der Waals surface area contributed by atoms with E-state index in [4.69, 9.17) is 0 Å². The highest BCUT2D eigenvalue weighted by Gasteiger charge is 2.52. The number of nitrogens with zero attached hydrogens (tertiary/aromatic N) is 2. The highest BCUT2D eigenvalue weighted by Crippen LogP contribution is 2.63. The average molecular weight is 935 g/mol. The molecule has 0 N–H and O–H groups in total. The number of para-hydroxylation sites is 2. The molecule has 0 bridgehead atoms. The van der Waals surface area contributed by atoms with E-state index < -0.39 is 5.41 Å². The maximum atomic E-state index is 2.57. The van der Waals surface area contributed by atoms with Crippen LogP contribution in [0.1, 0.15) is 22.3 Å². The fraction of sp³-hybridized carbons (Fsp3) is 0.0141. The summed E-state index contributed by atoms with van der Waals surface area (Å²) in [6.45, 7) is -0.0602. The first-order valence-corrected chi connectivity index (χ1v) is 25.9. The summed E-state index contributed by atoms with van der Waals surface area (Å²) in [5, 5.41) is 9.96. The molecule has 2 aliphatic heterocycles. The summed E-state index contributed by atoms with van der Waals surface area (Å²) in [7, 11) is 0. The van der Waals surface area contributed by atoms with Crippen molar-refractivity contribution < 1.29 is 0 Å².